The molecule has 2 rings (SSSR count). The fourth-order valence-electron chi connectivity index (χ4n) is 2.08. The lowest BCUT2D eigenvalue weighted by Gasteiger charge is -2.22. The van der Waals surface area contributed by atoms with E-state index in [9.17, 15) is 0 Å². The summed E-state index contributed by atoms with van der Waals surface area (Å²) in [5.74, 6) is 0.918. The van der Waals surface area contributed by atoms with Crippen LogP contribution >= 0.6 is 11.3 Å². The first-order valence-corrected chi connectivity index (χ1v) is 7.57. The molecule has 0 spiro atoms. The van der Waals surface area contributed by atoms with E-state index in [1.165, 1.54) is 16.0 Å². The van der Waals surface area contributed by atoms with Crippen molar-refractivity contribution in [3.63, 3.8) is 0 Å². The van der Waals surface area contributed by atoms with E-state index in [4.69, 9.17) is 0 Å². The van der Waals surface area contributed by atoms with E-state index in [1.807, 2.05) is 7.05 Å². The Morgan fingerprint density at radius 2 is 2.05 bits per heavy atom. The van der Waals surface area contributed by atoms with Crippen molar-refractivity contribution >= 4 is 17.3 Å². The van der Waals surface area contributed by atoms with Crippen LogP contribution in [0.3, 0.4) is 0 Å². The summed E-state index contributed by atoms with van der Waals surface area (Å²) in [6.07, 6.45) is 0. The van der Waals surface area contributed by atoms with Crippen molar-refractivity contribution in [1.29, 1.82) is 0 Å². The van der Waals surface area contributed by atoms with Crippen molar-refractivity contribution in [2.45, 2.75) is 20.0 Å². The van der Waals surface area contributed by atoms with Crippen molar-refractivity contribution in [1.82, 2.24) is 10.2 Å². The van der Waals surface area contributed by atoms with Gasteiger partial charge in [0.25, 0.3) is 0 Å². The van der Waals surface area contributed by atoms with Crippen LogP contribution in [0, 0.1) is 6.92 Å². The average molecular weight is 287 g/mol. The van der Waals surface area contributed by atoms with Crippen LogP contribution in [-0.2, 0) is 13.1 Å². The third-order valence-corrected chi connectivity index (χ3v) is 4.12. The van der Waals surface area contributed by atoms with E-state index < -0.39 is 0 Å². The van der Waals surface area contributed by atoms with Gasteiger partial charge in [0.15, 0.2) is 5.96 Å². The Labute approximate surface area is 125 Å². The van der Waals surface area contributed by atoms with Crippen LogP contribution in [-0.4, -0.2) is 25.0 Å². The molecular weight excluding hydrogens is 266 g/mol. The quantitative estimate of drug-likeness (QED) is 0.690. The van der Waals surface area contributed by atoms with Gasteiger partial charge in [0.1, 0.15) is 0 Å². The SMILES string of the molecule is CN=C(NCc1cccs1)N(C)Cc1ccccc1C. The van der Waals surface area contributed by atoms with Gasteiger partial charge in [-0.15, -0.1) is 11.3 Å². The van der Waals surface area contributed by atoms with Gasteiger partial charge in [-0.2, -0.15) is 0 Å². The summed E-state index contributed by atoms with van der Waals surface area (Å²) in [5.41, 5.74) is 2.64. The average Bonchev–Trinajstić information content (AvgIpc) is 2.95. The first kappa shape index (κ1) is 14.6. The van der Waals surface area contributed by atoms with Gasteiger partial charge in [0, 0.05) is 25.5 Å². The van der Waals surface area contributed by atoms with Crippen molar-refractivity contribution in [2.75, 3.05) is 14.1 Å². The second-order valence-electron chi connectivity index (χ2n) is 4.76. The molecule has 0 fully saturated rings. The first-order chi connectivity index (χ1) is 9.70. The summed E-state index contributed by atoms with van der Waals surface area (Å²) in [4.78, 5) is 7.81. The Morgan fingerprint density at radius 1 is 1.25 bits per heavy atom. The Kier molecular flexibility index (Phi) is 5.18. The molecule has 106 valence electrons. The number of aryl methyl sites for hydroxylation is 1. The molecule has 2 aromatic rings. The molecule has 0 atom stereocenters. The maximum Gasteiger partial charge on any atom is 0.193 e. The second-order valence-corrected chi connectivity index (χ2v) is 5.79. The van der Waals surface area contributed by atoms with Crippen LogP contribution in [0.4, 0.5) is 0 Å². The molecule has 0 aliphatic rings. The molecule has 0 radical (unpaired) electrons. The molecule has 1 heterocycles. The van der Waals surface area contributed by atoms with E-state index >= 15 is 0 Å². The summed E-state index contributed by atoms with van der Waals surface area (Å²) in [6, 6.07) is 12.7. The van der Waals surface area contributed by atoms with Crippen LogP contribution in [0.2, 0.25) is 0 Å². The maximum atomic E-state index is 4.35. The zero-order valence-corrected chi connectivity index (χ0v) is 13.1. The molecular formula is C16H21N3S. The number of hydrogen-bond donors (Lipinski definition) is 1. The van der Waals surface area contributed by atoms with E-state index in [-0.39, 0.29) is 0 Å². The van der Waals surface area contributed by atoms with Crippen LogP contribution in [0.5, 0.6) is 0 Å². The van der Waals surface area contributed by atoms with Crippen LogP contribution in [0.25, 0.3) is 0 Å². The van der Waals surface area contributed by atoms with E-state index in [0.717, 1.165) is 19.0 Å². The molecule has 3 nitrogen and oxygen atoms in total. The van der Waals surface area contributed by atoms with Gasteiger partial charge in [-0.3, -0.25) is 4.99 Å². The van der Waals surface area contributed by atoms with Crippen molar-refractivity contribution < 1.29 is 0 Å². The molecule has 0 saturated carbocycles. The highest BCUT2D eigenvalue weighted by molar-refractivity contribution is 7.09. The number of thiophene rings is 1. The highest BCUT2D eigenvalue weighted by atomic mass is 32.1. The third-order valence-electron chi connectivity index (χ3n) is 3.24. The monoisotopic (exact) mass is 287 g/mol. The molecule has 4 heteroatoms. The lowest BCUT2D eigenvalue weighted by atomic mass is 10.1. The zero-order chi connectivity index (χ0) is 14.4. The Balaban J connectivity index is 1.95. The molecule has 1 aromatic heterocycles. The van der Waals surface area contributed by atoms with Crippen LogP contribution < -0.4 is 5.32 Å². The van der Waals surface area contributed by atoms with Crippen molar-refractivity contribution in [2.24, 2.45) is 4.99 Å². The summed E-state index contributed by atoms with van der Waals surface area (Å²) in [7, 11) is 3.89. The maximum absolute atomic E-state index is 4.35. The van der Waals surface area contributed by atoms with E-state index in [0.29, 0.717) is 0 Å². The summed E-state index contributed by atoms with van der Waals surface area (Å²) in [5, 5.41) is 5.49. The van der Waals surface area contributed by atoms with Crippen molar-refractivity contribution in [3.8, 4) is 0 Å². The van der Waals surface area contributed by atoms with E-state index in [2.05, 4.69) is 71.0 Å². The van der Waals surface area contributed by atoms with Gasteiger partial charge in [-0.25, -0.2) is 0 Å². The molecule has 0 aliphatic carbocycles. The minimum atomic E-state index is 0.822. The predicted octanol–water partition coefficient (Wildman–Crippen LogP) is 3.26. The highest BCUT2D eigenvalue weighted by Crippen LogP contribution is 2.10. The lowest BCUT2D eigenvalue weighted by Crippen LogP contribution is -2.38. The predicted molar refractivity (Wildman–Crippen MR) is 87.2 cm³/mol. The van der Waals surface area contributed by atoms with Gasteiger partial charge in [0.05, 0.1) is 6.54 Å². The first-order valence-electron chi connectivity index (χ1n) is 6.69. The van der Waals surface area contributed by atoms with Gasteiger partial charge in [0.2, 0.25) is 0 Å². The molecule has 0 amide bonds. The van der Waals surface area contributed by atoms with Gasteiger partial charge < -0.3 is 10.2 Å². The molecule has 0 saturated heterocycles. The molecule has 0 unspecified atom stereocenters. The van der Waals surface area contributed by atoms with E-state index in [1.54, 1.807) is 11.3 Å². The number of guanidine groups is 1. The number of nitrogens with zero attached hydrogens (tertiary/aromatic N) is 2. The fourth-order valence-corrected chi connectivity index (χ4v) is 2.73. The Morgan fingerprint density at radius 3 is 2.70 bits per heavy atom. The fraction of sp³-hybridized carbons (Fsp3) is 0.312. The van der Waals surface area contributed by atoms with Crippen LogP contribution in [0.15, 0.2) is 46.8 Å². The smallest absolute Gasteiger partial charge is 0.193 e. The Bertz CT molecular complexity index is 561. The standard InChI is InChI=1S/C16H21N3S/c1-13-7-4-5-8-14(13)12-19(3)16(17-2)18-11-15-9-6-10-20-15/h4-10H,11-12H2,1-3H3,(H,17,18). The lowest BCUT2D eigenvalue weighted by molar-refractivity contribution is 0.475. The molecule has 0 aliphatic heterocycles. The minimum Gasteiger partial charge on any atom is -0.351 e. The molecule has 20 heavy (non-hydrogen) atoms. The summed E-state index contributed by atoms with van der Waals surface area (Å²) in [6.45, 7) is 3.82. The largest absolute Gasteiger partial charge is 0.351 e. The number of rotatable bonds is 4. The van der Waals surface area contributed by atoms with Crippen LogP contribution in [0.1, 0.15) is 16.0 Å². The number of aliphatic imine (C=N–C) groups is 1. The van der Waals surface area contributed by atoms with Gasteiger partial charge in [-0.05, 0) is 29.5 Å². The summed E-state index contributed by atoms with van der Waals surface area (Å²) < 4.78 is 0. The minimum absolute atomic E-state index is 0.822. The Hall–Kier alpha value is -1.81. The molecule has 1 aromatic carbocycles. The zero-order valence-electron chi connectivity index (χ0n) is 12.3. The summed E-state index contributed by atoms with van der Waals surface area (Å²) >= 11 is 1.76. The van der Waals surface area contributed by atoms with Gasteiger partial charge in [-0.1, -0.05) is 30.3 Å². The number of benzene rings is 1. The molecule has 1 N–H and O–H groups in total. The third kappa shape index (κ3) is 3.84. The normalized spacial score (nSPS) is 11.4. The molecule has 0 bridgehead atoms. The van der Waals surface area contributed by atoms with Crippen molar-refractivity contribution in [3.05, 3.63) is 57.8 Å². The number of hydrogen-bond acceptors (Lipinski definition) is 2. The second kappa shape index (κ2) is 7.10. The number of nitrogens with one attached hydrogen (secondary N) is 1. The van der Waals surface area contributed by atoms with Gasteiger partial charge >= 0.3 is 0 Å². The highest BCUT2D eigenvalue weighted by Gasteiger charge is 2.08. The topological polar surface area (TPSA) is 27.6 Å².